The summed E-state index contributed by atoms with van der Waals surface area (Å²) in [6.45, 7) is 2.73. The first-order valence-electron chi connectivity index (χ1n) is 7.79. The van der Waals surface area contributed by atoms with Crippen LogP contribution >= 0.6 is 11.3 Å². The molecule has 1 aromatic rings. The zero-order chi connectivity index (χ0) is 15.6. The first-order valence-corrected chi connectivity index (χ1v) is 8.67. The molecule has 3 rings (SSSR count). The highest BCUT2D eigenvalue weighted by Crippen LogP contribution is 2.36. The summed E-state index contributed by atoms with van der Waals surface area (Å²) < 4.78 is 6.14. The number of piperidine rings is 1. The van der Waals surface area contributed by atoms with Crippen molar-refractivity contribution in [3.05, 3.63) is 11.6 Å². The normalized spacial score (nSPS) is 28.5. The molecule has 122 valence electrons. The Hall–Kier alpha value is -1.18. The number of hydrogen-bond acceptors (Lipinski definition) is 6. The molecule has 2 aliphatic heterocycles. The SMILES string of the molecule is CN(C)CC(=O)N1CCC[C@]2(C[C@H](Nc3nccs3)CO2)C1. The lowest BCUT2D eigenvalue weighted by molar-refractivity contribution is -0.139. The van der Waals surface area contributed by atoms with Crippen molar-refractivity contribution < 1.29 is 9.53 Å². The van der Waals surface area contributed by atoms with Crippen molar-refractivity contribution in [1.29, 1.82) is 0 Å². The minimum atomic E-state index is -0.171. The van der Waals surface area contributed by atoms with Crippen LogP contribution in [0.4, 0.5) is 5.13 Å². The van der Waals surface area contributed by atoms with Gasteiger partial charge in [0.05, 0.1) is 24.8 Å². The van der Waals surface area contributed by atoms with Gasteiger partial charge in [-0.1, -0.05) is 0 Å². The van der Waals surface area contributed by atoms with Crippen LogP contribution in [0, 0.1) is 0 Å². The number of nitrogens with one attached hydrogen (secondary N) is 1. The second-order valence-corrected chi connectivity index (χ2v) is 7.43. The molecule has 6 nitrogen and oxygen atoms in total. The number of anilines is 1. The molecule has 7 heteroatoms. The summed E-state index contributed by atoms with van der Waals surface area (Å²) in [6.07, 6.45) is 4.80. The number of hydrogen-bond donors (Lipinski definition) is 1. The van der Waals surface area contributed by atoms with Gasteiger partial charge < -0.3 is 19.9 Å². The summed E-state index contributed by atoms with van der Waals surface area (Å²) >= 11 is 1.61. The van der Waals surface area contributed by atoms with Crippen LogP contribution in [0.3, 0.4) is 0 Å². The molecule has 2 fully saturated rings. The molecule has 22 heavy (non-hydrogen) atoms. The van der Waals surface area contributed by atoms with Gasteiger partial charge in [-0.25, -0.2) is 4.98 Å². The minimum absolute atomic E-state index is 0.171. The van der Waals surface area contributed by atoms with Gasteiger partial charge in [-0.2, -0.15) is 0 Å². The third kappa shape index (κ3) is 3.59. The van der Waals surface area contributed by atoms with Crippen LogP contribution in [0.1, 0.15) is 19.3 Å². The molecule has 0 bridgehead atoms. The zero-order valence-electron chi connectivity index (χ0n) is 13.2. The summed E-state index contributed by atoms with van der Waals surface area (Å²) in [6, 6.07) is 0.287. The van der Waals surface area contributed by atoms with Gasteiger partial charge in [0.25, 0.3) is 0 Å². The van der Waals surface area contributed by atoms with Crippen LogP contribution in [-0.4, -0.2) is 72.7 Å². The fourth-order valence-corrected chi connectivity index (χ4v) is 3.98. The van der Waals surface area contributed by atoms with E-state index in [9.17, 15) is 4.79 Å². The number of likely N-dealkylation sites (N-methyl/N-ethyl adjacent to an activating group) is 1. The third-order valence-electron chi connectivity index (χ3n) is 4.31. The van der Waals surface area contributed by atoms with Crippen LogP contribution in [0.25, 0.3) is 0 Å². The maximum absolute atomic E-state index is 12.3. The molecule has 1 spiro atoms. The highest BCUT2D eigenvalue weighted by Gasteiger charge is 2.44. The Morgan fingerprint density at radius 1 is 1.64 bits per heavy atom. The van der Waals surface area contributed by atoms with Gasteiger partial charge in [0, 0.05) is 31.1 Å². The van der Waals surface area contributed by atoms with Crippen molar-refractivity contribution in [1.82, 2.24) is 14.8 Å². The predicted octanol–water partition coefficient (Wildman–Crippen LogP) is 1.27. The molecule has 3 heterocycles. The van der Waals surface area contributed by atoms with Gasteiger partial charge >= 0.3 is 0 Å². The van der Waals surface area contributed by atoms with Gasteiger partial charge in [-0.05, 0) is 26.9 Å². The largest absolute Gasteiger partial charge is 0.371 e. The summed E-state index contributed by atoms with van der Waals surface area (Å²) in [5.41, 5.74) is -0.171. The number of amides is 1. The van der Waals surface area contributed by atoms with Crippen LogP contribution in [0.5, 0.6) is 0 Å². The highest BCUT2D eigenvalue weighted by atomic mass is 32.1. The fraction of sp³-hybridized carbons (Fsp3) is 0.733. The van der Waals surface area contributed by atoms with Gasteiger partial charge in [0.15, 0.2) is 5.13 Å². The molecular weight excluding hydrogens is 300 g/mol. The number of carbonyl (C=O) groups excluding carboxylic acids is 1. The molecule has 0 aromatic carbocycles. The van der Waals surface area contributed by atoms with Crippen molar-refractivity contribution >= 4 is 22.4 Å². The Labute approximate surface area is 135 Å². The van der Waals surface area contributed by atoms with Crippen LogP contribution in [0.2, 0.25) is 0 Å². The van der Waals surface area contributed by atoms with Crippen molar-refractivity contribution in [2.24, 2.45) is 0 Å². The topological polar surface area (TPSA) is 57.7 Å². The summed E-state index contributed by atoms with van der Waals surface area (Å²) in [4.78, 5) is 20.5. The Bertz CT molecular complexity index is 508. The van der Waals surface area contributed by atoms with E-state index in [0.29, 0.717) is 13.2 Å². The maximum atomic E-state index is 12.3. The first-order chi connectivity index (χ1) is 10.6. The zero-order valence-corrected chi connectivity index (χ0v) is 14.1. The first kappa shape index (κ1) is 15.7. The van der Waals surface area contributed by atoms with E-state index in [0.717, 1.165) is 37.5 Å². The minimum Gasteiger partial charge on any atom is -0.371 e. The Balaban J connectivity index is 1.58. The molecule has 0 aliphatic carbocycles. The number of nitrogens with zero attached hydrogens (tertiary/aromatic N) is 3. The molecule has 2 aliphatic rings. The van der Waals surface area contributed by atoms with E-state index in [1.54, 1.807) is 17.5 Å². The maximum Gasteiger partial charge on any atom is 0.236 e. The molecule has 1 aromatic heterocycles. The second-order valence-electron chi connectivity index (χ2n) is 6.53. The number of thiazole rings is 1. The number of aromatic nitrogens is 1. The van der Waals surface area contributed by atoms with Crippen LogP contribution in [-0.2, 0) is 9.53 Å². The molecule has 0 unspecified atom stereocenters. The quantitative estimate of drug-likeness (QED) is 0.904. The van der Waals surface area contributed by atoms with Crippen molar-refractivity contribution in [3.63, 3.8) is 0 Å². The van der Waals surface area contributed by atoms with Crippen molar-refractivity contribution in [2.75, 3.05) is 45.7 Å². The monoisotopic (exact) mass is 324 g/mol. The van der Waals surface area contributed by atoms with Crippen molar-refractivity contribution in [3.8, 4) is 0 Å². The lowest BCUT2D eigenvalue weighted by Gasteiger charge is -2.40. The predicted molar refractivity (Wildman–Crippen MR) is 87.2 cm³/mol. The van der Waals surface area contributed by atoms with E-state index in [2.05, 4.69) is 10.3 Å². The number of ether oxygens (including phenoxy) is 1. The summed E-state index contributed by atoms with van der Waals surface area (Å²) in [7, 11) is 3.86. The summed E-state index contributed by atoms with van der Waals surface area (Å²) in [5, 5.41) is 6.35. The third-order valence-corrected chi connectivity index (χ3v) is 5.02. The average molecular weight is 324 g/mol. The van der Waals surface area contributed by atoms with Gasteiger partial charge in [0.2, 0.25) is 5.91 Å². The molecular formula is C15H24N4O2S. The average Bonchev–Trinajstić information content (AvgIpc) is 3.10. The molecule has 0 saturated carbocycles. The number of carbonyl (C=O) groups is 1. The van der Waals surface area contributed by atoms with Crippen molar-refractivity contribution in [2.45, 2.75) is 30.9 Å². The molecule has 2 atom stereocenters. The van der Waals surface area contributed by atoms with Crippen LogP contribution < -0.4 is 5.32 Å². The fourth-order valence-electron chi connectivity index (χ4n) is 3.37. The van der Waals surface area contributed by atoms with E-state index in [1.165, 1.54) is 0 Å². The lowest BCUT2D eigenvalue weighted by Crippen LogP contribution is -2.52. The standard InChI is InChI=1S/C15H24N4O2S/c1-18(2)9-13(20)19-6-3-4-15(11-19)8-12(10-21-15)17-14-16-5-7-22-14/h5,7,12H,3-4,6,8-11H2,1-2H3,(H,16,17)/t12-,15-/m0/s1. The summed E-state index contributed by atoms with van der Waals surface area (Å²) in [5.74, 6) is 0.198. The van der Waals surface area contributed by atoms with E-state index in [-0.39, 0.29) is 17.6 Å². The van der Waals surface area contributed by atoms with E-state index in [4.69, 9.17) is 4.74 Å². The number of likely N-dealkylation sites (tertiary alicyclic amines) is 1. The molecule has 2 saturated heterocycles. The molecule has 1 amide bonds. The lowest BCUT2D eigenvalue weighted by atomic mass is 9.88. The number of rotatable bonds is 4. The van der Waals surface area contributed by atoms with Gasteiger partial charge in [-0.15, -0.1) is 11.3 Å². The van der Waals surface area contributed by atoms with E-state index >= 15 is 0 Å². The van der Waals surface area contributed by atoms with Gasteiger partial charge in [0.1, 0.15) is 0 Å². The second kappa shape index (κ2) is 6.52. The van der Waals surface area contributed by atoms with Gasteiger partial charge in [-0.3, -0.25) is 4.79 Å². The Kier molecular flexibility index (Phi) is 4.65. The Morgan fingerprint density at radius 2 is 2.50 bits per heavy atom. The Morgan fingerprint density at radius 3 is 3.23 bits per heavy atom. The highest BCUT2D eigenvalue weighted by molar-refractivity contribution is 7.13. The molecule has 1 N–H and O–H groups in total. The molecule has 0 radical (unpaired) electrons. The van der Waals surface area contributed by atoms with E-state index < -0.39 is 0 Å². The van der Waals surface area contributed by atoms with E-state index in [1.807, 2.05) is 29.3 Å². The van der Waals surface area contributed by atoms with Crippen LogP contribution in [0.15, 0.2) is 11.6 Å². The smallest absolute Gasteiger partial charge is 0.236 e.